The monoisotopic (exact) mass is 308 g/mol. The Hall–Kier alpha value is -1.20. The number of hydrogen-bond donors (Lipinski definition) is 0. The van der Waals surface area contributed by atoms with Crippen LogP contribution in [0.25, 0.3) is 6.08 Å². The number of esters is 1. The first-order chi connectivity index (χ1) is 9.63. The van der Waals surface area contributed by atoms with Crippen LogP contribution in [-0.2, 0) is 14.3 Å². The van der Waals surface area contributed by atoms with E-state index in [-0.39, 0.29) is 11.4 Å². The molecule has 0 atom stereocenters. The highest BCUT2D eigenvalue weighted by Crippen LogP contribution is 2.46. The van der Waals surface area contributed by atoms with Gasteiger partial charge in [0.2, 0.25) is 0 Å². The summed E-state index contributed by atoms with van der Waals surface area (Å²) in [6, 6.07) is 7.88. The summed E-state index contributed by atoms with van der Waals surface area (Å²) in [5.41, 5.74) is 2.16. The smallest absolute Gasteiger partial charge is 0.341 e. The fourth-order valence-corrected chi connectivity index (χ4v) is 4.91. The summed E-state index contributed by atoms with van der Waals surface area (Å²) < 4.78 is 5.04. The van der Waals surface area contributed by atoms with E-state index in [2.05, 4.69) is 10.8 Å². The second-order valence-electron chi connectivity index (χ2n) is 4.31. The van der Waals surface area contributed by atoms with Gasteiger partial charge in [-0.3, -0.25) is 4.79 Å². The van der Waals surface area contributed by atoms with E-state index in [1.807, 2.05) is 41.7 Å². The van der Waals surface area contributed by atoms with Crippen LogP contribution in [0.2, 0.25) is 0 Å². The highest BCUT2D eigenvalue weighted by Gasteiger charge is 2.22. The van der Waals surface area contributed by atoms with Gasteiger partial charge in [-0.05, 0) is 24.1 Å². The Labute approximate surface area is 127 Å². The maximum Gasteiger partial charge on any atom is 0.341 e. The summed E-state index contributed by atoms with van der Waals surface area (Å²) in [6.07, 6.45) is 1.64. The van der Waals surface area contributed by atoms with Crippen molar-refractivity contribution in [3.8, 4) is 0 Å². The number of Topliss-reactive ketones (excluding diaryl/α,β-unsaturated/α-hetero) is 1. The van der Waals surface area contributed by atoms with Gasteiger partial charge in [-0.1, -0.05) is 24.3 Å². The highest BCUT2D eigenvalue weighted by molar-refractivity contribution is 8.19. The number of rotatable bonds is 4. The lowest BCUT2D eigenvalue weighted by Crippen LogP contribution is -2.11. The number of ketones is 1. The van der Waals surface area contributed by atoms with E-state index < -0.39 is 5.97 Å². The molecule has 0 N–H and O–H groups in total. The zero-order valence-corrected chi connectivity index (χ0v) is 13.1. The molecule has 3 nitrogen and oxygen atoms in total. The van der Waals surface area contributed by atoms with E-state index in [0.717, 1.165) is 22.6 Å². The molecule has 2 rings (SSSR count). The van der Waals surface area contributed by atoms with Crippen molar-refractivity contribution in [1.82, 2.24) is 0 Å². The van der Waals surface area contributed by atoms with Gasteiger partial charge in [-0.25, -0.2) is 4.79 Å². The normalized spacial score (nSPS) is 16.2. The summed E-state index contributed by atoms with van der Waals surface area (Å²) in [7, 11) is 1.29. The van der Waals surface area contributed by atoms with Crippen molar-refractivity contribution in [3.63, 3.8) is 0 Å². The molecule has 106 valence electrons. The van der Waals surface area contributed by atoms with Crippen molar-refractivity contribution in [1.29, 1.82) is 0 Å². The first kappa shape index (κ1) is 15.2. The van der Waals surface area contributed by atoms with E-state index >= 15 is 0 Å². The van der Waals surface area contributed by atoms with Crippen LogP contribution in [0.5, 0.6) is 0 Å². The molecule has 20 heavy (non-hydrogen) atoms. The average Bonchev–Trinajstić information content (AvgIpc) is 2.98. The lowest BCUT2D eigenvalue weighted by molar-refractivity contribution is -0.137. The highest BCUT2D eigenvalue weighted by atomic mass is 32.2. The van der Waals surface area contributed by atoms with Crippen LogP contribution in [-0.4, -0.2) is 30.4 Å². The third kappa shape index (κ3) is 3.46. The molecule has 0 radical (unpaired) electrons. The SMILES string of the molecule is COC(=O)/C(=C\c1ccccc1C1SCCS1)C(C)=O. The van der Waals surface area contributed by atoms with Crippen LogP contribution in [0.15, 0.2) is 29.8 Å². The van der Waals surface area contributed by atoms with Crippen molar-refractivity contribution in [3.05, 3.63) is 41.0 Å². The largest absolute Gasteiger partial charge is 0.465 e. The van der Waals surface area contributed by atoms with Crippen molar-refractivity contribution < 1.29 is 14.3 Å². The molecule has 0 aliphatic carbocycles. The molecule has 1 fully saturated rings. The molecule has 1 aromatic rings. The number of thioether (sulfide) groups is 2. The molecule has 0 amide bonds. The van der Waals surface area contributed by atoms with E-state index in [0.29, 0.717) is 4.58 Å². The van der Waals surface area contributed by atoms with Gasteiger partial charge >= 0.3 is 5.97 Å². The molecule has 1 aromatic carbocycles. The Morgan fingerprint density at radius 3 is 2.50 bits per heavy atom. The fourth-order valence-electron chi connectivity index (χ4n) is 1.96. The van der Waals surface area contributed by atoms with E-state index in [1.165, 1.54) is 14.0 Å². The molecule has 0 bridgehead atoms. The van der Waals surface area contributed by atoms with Crippen LogP contribution in [0, 0.1) is 0 Å². The van der Waals surface area contributed by atoms with Crippen LogP contribution in [0.3, 0.4) is 0 Å². The summed E-state index contributed by atoms with van der Waals surface area (Å²) in [4.78, 5) is 23.3. The Morgan fingerprint density at radius 1 is 1.25 bits per heavy atom. The second kappa shape index (κ2) is 6.99. The van der Waals surface area contributed by atoms with Crippen LogP contribution in [0.4, 0.5) is 0 Å². The first-order valence-corrected chi connectivity index (χ1v) is 8.36. The second-order valence-corrected chi connectivity index (χ2v) is 7.03. The van der Waals surface area contributed by atoms with Gasteiger partial charge < -0.3 is 4.74 Å². The maximum atomic E-state index is 11.7. The summed E-state index contributed by atoms with van der Waals surface area (Å²) in [5, 5.41) is 0. The molecular weight excluding hydrogens is 292 g/mol. The summed E-state index contributed by atoms with van der Waals surface area (Å²) in [5.74, 6) is 1.39. The van der Waals surface area contributed by atoms with Crippen molar-refractivity contribution in [2.75, 3.05) is 18.6 Å². The zero-order valence-electron chi connectivity index (χ0n) is 11.4. The minimum Gasteiger partial charge on any atom is -0.465 e. The van der Waals surface area contributed by atoms with Gasteiger partial charge in [0.1, 0.15) is 5.57 Å². The third-order valence-electron chi connectivity index (χ3n) is 2.96. The van der Waals surface area contributed by atoms with Crippen LogP contribution >= 0.6 is 23.5 Å². The Bertz CT molecular complexity index is 546. The number of hydrogen-bond acceptors (Lipinski definition) is 5. The fraction of sp³-hybridized carbons (Fsp3) is 0.333. The average molecular weight is 308 g/mol. The van der Waals surface area contributed by atoms with E-state index in [9.17, 15) is 9.59 Å². The number of benzene rings is 1. The molecular formula is C15H16O3S2. The molecule has 1 heterocycles. The maximum absolute atomic E-state index is 11.7. The van der Waals surface area contributed by atoms with Gasteiger partial charge in [-0.15, -0.1) is 23.5 Å². The zero-order chi connectivity index (χ0) is 14.5. The Kier molecular flexibility index (Phi) is 5.31. The molecule has 1 saturated heterocycles. The van der Waals surface area contributed by atoms with Crippen molar-refractivity contribution >= 4 is 41.4 Å². The standard InChI is InChI=1S/C15H16O3S2/c1-10(16)13(14(17)18-2)9-11-5-3-4-6-12(11)15-19-7-8-20-15/h3-6,9,15H,7-8H2,1-2H3/b13-9-. The molecule has 5 heteroatoms. The lowest BCUT2D eigenvalue weighted by Gasteiger charge is -2.12. The number of methoxy groups -OCH3 is 1. The number of ether oxygens (including phenoxy) is 1. The van der Waals surface area contributed by atoms with Gasteiger partial charge in [0.05, 0.1) is 11.7 Å². The van der Waals surface area contributed by atoms with Crippen molar-refractivity contribution in [2.45, 2.75) is 11.5 Å². The van der Waals surface area contributed by atoms with Crippen LogP contribution in [0.1, 0.15) is 22.6 Å². The summed E-state index contributed by atoms with van der Waals surface area (Å²) >= 11 is 3.78. The molecule has 1 aliphatic rings. The predicted molar refractivity (Wildman–Crippen MR) is 84.8 cm³/mol. The quantitative estimate of drug-likeness (QED) is 0.369. The predicted octanol–water partition coefficient (Wildman–Crippen LogP) is 3.31. The number of carbonyl (C=O) groups excluding carboxylic acids is 2. The van der Waals surface area contributed by atoms with Gasteiger partial charge in [0.25, 0.3) is 0 Å². The minimum atomic E-state index is -0.584. The van der Waals surface area contributed by atoms with E-state index in [4.69, 9.17) is 0 Å². The molecule has 0 spiro atoms. The third-order valence-corrected chi connectivity index (χ3v) is 6.02. The van der Waals surface area contributed by atoms with E-state index in [1.54, 1.807) is 6.08 Å². The first-order valence-electron chi connectivity index (χ1n) is 6.26. The summed E-state index contributed by atoms with van der Waals surface area (Å²) in [6.45, 7) is 1.38. The Morgan fingerprint density at radius 2 is 1.90 bits per heavy atom. The lowest BCUT2D eigenvalue weighted by atomic mass is 10.0. The van der Waals surface area contributed by atoms with Crippen molar-refractivity contribution in [2.24, 2.45) is 0 Å². The van der Waals surface area contributed by atoms with Gasteiger partial charge in [0.15, 0.2) is 5.78 Å². The van der Waals surface area contributed by atoms with Gasteiger partial charge in [0, 0.05) is 11.5 Å². The molecule has 0 aromatic heterocycles. The van der Waals surface area contributed by atoms with Gasteiger partial charge in [-0.2, -0.15) is 0 Å². The minimum absolute atomic E-state index is 0.0907. The van der Waals surface area contributed by atoms with Crippen LogP contribution < -0.4 is 0 Å². The Balaban J connectivity index is 2.40. The molecule has 0 saturated carbocycles. The molecule has 1 aliphatic heterocycles. The topological polar surface area (TPSA) is 43.4 Å². The molecule has 0 unspecified atom stereocenters. The number of carbonyl (C=O) groups is 2.